The Morgan fingerprint density at radius 1 is 1.07 bits per heavy atom. The van der Waals surface area contributed by atoms with Crippen molar-refractivity contribution in [3.8, 4) is 0 Å². The van der Waals surface area contributed by atoms with Gasteiger partial charge in [-0.05, 0) is 31.6 Å². The Labute approximate surface area is 161 Å². The highest BCUT2D eigenvalue weighted by molar-refractivity contribution is 5.91. The van der Waals surface area contributed by atoms with Crippen LogP contribution in [0.25, 0.3) is 0 Å². The molecule has 4 rings (SSSR count). The van der Waals surface area contributed by atoms with E-state index in [1.807, 2.05) is 0 Å². The first-order chi connectivity index (χ1) is 13.5. The van der Waals surface area contributed by atoms with Gasteiger partial charge in [0.1, 0.15) is 23.2 Å². The second-order valence-corrected chi connectivity index (χ2v) is 7.80. The number of hydrogen-bond donors (Lipinski definition) is 1. The maximum atomic E-state index is 13.7. The first-order valence-electron chi connectivity index (χ1n) is 9.87. The number of nitrogens with one attached hydrogen (secondary N) is 1. The number of nitrogens with zero attached hydrogens (tertiary/aromatic N) is 3. The van der Waals surface area contributed by atoms with Gasteiger partial charge >= 0.3 is 0 Å². The number of carbonyl (C=O) groups is 1. The van der Waals surface area contributed by atoms with Gasteiger partial charge in [0.05, 0.1) is 0 Å². The second kappa shape index (κ2) is 7.93. The molecular weight excluding hydrogens is 369 g/mol. The predicted molar refractivity (Wildman–Crippen MR) is 97.2 cm³/mol. The van der Waals surface area contributed by atoms with Gasteiger partial charge in [0.2, 0.25) is 5.91 Å². The molecule has 2 aliphatic rings. The summed E-state index contributed by atoms with van der Waals surface area (Å²) in [4.78, 5) is 12.3. The Morgan fingerprint density at radius 3 is 2.50 bits per heavy atom. The second-order valence-electron chi connectivity index (χ2n) is 7.80. The van der Waals surface area contributed by atoms with Gasteiger partial charge in [0.15, 0.2) is 11.6 Å². The molecule has 1 aromatic carbocycles. The summed E-state index contributed by atoms with van der Waals surface area (Å²) in [6.07, 6.45) is 7.21. The molecule has 150 valence electrons. The maximum Gasteiger partial charge on any atom is 0.224 e. The van der Waals surface area contributed by atoms with E-state index in [0.717, 1.165) is 50.3 Å². The average Bonchev–Trinajstić information content (AvgIpc) is 3.26. The Balaban J connectivity index is 1.38. The summed E-state index contributed by atoms with van der Waals surface area (Å²) in [5.74, 6) is -1.12. The Morgan fingerprint density at radius 2 is 1.79 bits per heavy atom. The molecule has 8 heteroatoms. The fourth-order valence-electron chi connectivity index (χ4n) is 4.37. The molecule has 1 aliphatic heterocycles. The van der Waals surface area contributed by atoms with Crippen LogP contribution in [0.1, 0.15) is 62.5 Å². The van der Waals surface area contributed by atoms with Crippen LogP contribution in [0.5, 0.6) is 0 Å². The molecule has 2 aromatic rings. The summed E-state index contributed by atoms with van der Waals surface area (Å²) in [5, 5.41) is 11.0. The SMILES string of the molecule is O=C(CC1CCc2nnc(C3CCCC3)n2CC1)Nc1c(F)cc(F)cc1F. The molecule has 0 saturated heterocycles. The summed E-state index contributed by atoms with van der Waals surface area (Å²) in [7, 11) is 0. The van der Waals surface area contributed by atoms with Crippen molar-refractivity contribution in [3.63, 3.8) is 0 Å². The molecular formula is C20H23F3N4O. The molecule has 5 nitrogen and oxygen atoms in total. The molecule has 0 bridgehead atoms. The minimum atomic E-state index is -1.11. The smallest absolute Gasteiger partial charge is 0.224 e. The van der Waals surface area contributed by atoms with E-state index in [4.69, 9.17) is 0 Å². The summed E-state index contributed by atoms with van der Waals surface area (Å²) in [6, 6.07) is 1.11. The van der Waals surface area contributed by atoms with E-state index in [0.29, 0.717) is 18.1 Å². The van der Waals surface area contributed by atoms with E-state index in [2.05, 4.69) is 20.1 Å². The van der Waals surface area contributed by atoms with Gasteiger partial charge in [-0.3, -0.25) is 4.79 Å². The molecule has 0 radical (unpaired) electrons. The molecule has 28 heavy (non-hydrogen) atoms. The van der Waals surface area contributed by atoms with Gasteiger partial charge in [-0.2, -0.15) is 0 Å². The highest BCUT2D eigenvalue weighted by Crippen LogP contribution is 2.35. The zero-order valence-electron chi connectivity index (χ0n) is 15.6. The standard InChI is InChI=1S/C20H23F3N4O/c21-14-10-15(22)19(16(23)11-14)24-18(28)9-12-5-6-17-25-26-20(27(17)8-7-12)13-3-1-2-4-13/h10-13H,1-9H2,(H,24,28). The Bertz CT molecular complexity index is 853. The van der Waals surface area contributed by atoms with Gasteiger partial charge in [-0.1, -0.05) is 12.8 Å². The van der Waals surface area contributed by atoms with E-state index in [9.17, 15) is 18.0 Å². The fourth-order valence-corrected chi connectivity index (χ4v) is 4.37. The Kier molecular flexibility index (Phi) is 5.37. The van der Waals surface area contributed by atoms with Crippen molar-refractivity contribution in [1.82, 2.24) is 14.8 Å². The maximum absolute atomic E-state index is 13.7. The third-order valence-electron chi connectivity index (χ3n) is 5.86. The van der Waals surface area contributed by atoms with Crippen LogP contribution in [0.2, 0.25) is 0 Å². The number of benzene rings is 1. The van der Waals surface area contributed by atoms with E-state index in [-0.39, 0.29) is 12.3 Å². The van der Waals surface area contributed by atoms with Crippen molar-refractivity contribution in [2.24, 2.45) is 5.92 Å². The number of rotatable bonds is 4. The summed E-state index contributed by atoms with van der Waals surface area (Å²) < 4.78 is 42.7. The third kappa shape index (κ3) is 3.91. The van der Waals surface area contributed by atoms with Crippen LogP contribution >= 0.6 is 0 Å². The van der Waals surface area contributed by atoms with Crippen molar-refractivity contribution >= 4 is 11.6 Å². The summed E-state index contributed by atoms with van der Waals surface area (Å²) in [6.45, 7) is 0.755. The lowest BCUT2D eigenvalue weighted by atomic mass is 9.96. The van der Waals surface area contributed by atoms with Gasteiger partial charge < -0.3 is 9.88 Å². The molecule has 1 unspecified atom stereocenters. The van der Waals surface area contributed by atoms with Gasteiger partial charge in [0, 0.05) is 37.4 Å². The van der Waals surface area contributed by atoms with E-state index in [1.54, 1.807) is 0 Å². The molecule has 1 atom stereocenters. The summed E-state index contributed by atoms with van der Waals surface area (Å²) >= 11 is 0. The van der Waals surface area contributed by atoms with Crippen LogP contribution in [-0.4, -0.2) is 20.7 Å². The van der Waals surface area contributed by atoms with Crippen molar-refractivity contribution in [1.29, 1.82) is 0 Å². The number of carbonyl (C=O) groups excluding carboxylic acids is 1. The normalized spacial score (nSPS) is 20.0. The molecule has 0 spiro atoms. The highest BCUT2D eigenvalue weighted by Gasteiger charge is 2.27. The minimum absolute atomic E-state index is 0.0877. The lowest BCUT2D eigenvalue weighted by Crippen LogP contribution is -2.19. The number of aromatic nitrogens is 3. The number of hydrogen-bond acceptors (Lipinski definition) is 3. The third-order valence-corrected chi connectivity index (χ3v) is 5.86. The van der Waals surface area contributed by atoms with Crippen LogP contribution < -0.4 is 5.32 Å². The first kappa shape index (κ1) is 19.0. The van der Waals surface area contributed by atoms with Crippen LogP contribution in [-0.2, 0) is 17.8 Å². The van der Waals surface area contributed by atoms with Gasteiger partial charge in [-0.25, -0.2) is 13.2 Å². The van der Waals surface area contributed by atoms with Crippen molar-refractivity contribution in [2.75, 3.05) is 5.32 Å². The number of amides is 1. The lowest BCUT2D eigenvalue weighted by Gasteiger charge is -2.15. The number of anilines is 1. The summed E-state index contributed by atoms with van der Waals surface area (Å²) in [5.41, 5.74) is -0.597. The molecule has 2 heterocycles. The van der Waals surface area contributed by atoms with E-state index >= 15 is 0 Å². The first-order valence-corrected chi connectivity index (χ1v) is 9.87. The number of aryl methyl sites for hydroxylation is 1. The molecule has 1 fully saturated rings. The van der Waals surface area contributed by atoms with Crippen molar-refractivity contribution in [3.05, 3.63) is 41.2 Å². The van der Waals surface area contributed by atoms with Crippen LogP contribution in [0.4, 0.5) is 18.9 Å². The van der Waals surface area contributed by atoms with Gasteiger partial charge in [-0.15, -0.1) is 10.2 Å². The minimum Gasteiger partial charge on any atom is -0.321 e. The van der Waals surface area contributed by atoms with Crippen LogP contribution in [0.15, 0.2) is 12.1 Å². The monoisotopic (exact) mass is 392 g/mol. The van der Waals surface area contributed by atoms with Crippen molar-refractivity contribution in [2.45, 2.75) is 63.8 Å². The van der Waals surface area contributed by atoms with E-state index < -0.39 is 29.0 Å². The predicted octanol–water partition coefficient (Wildman–Crippen LogP) is 4.33. The number of fused-ring (bicyclic) bond motifs is 1. The molecule has 1 aromatic heterocycles. The molecule has 1 saturated carbocycles. The number of halogens is 3. The van der Waals surface area contributed by atoms with Crippen LogP contribution in [0.3, 0.4) is 0 Å². The Hall–Kier alpha value is -2.38. The molecule has 1 aliphatic carbocycles. The average molecular weight is 392 g/mol. The lowest BCUT2D eigenvalue weighted by molar-refractivity contribution is -0.117. The zero-order valence-corrected chi connectivity index (χ0v) is 15.6. The van der Waals surface area contributed by atoms with E-state index in [1.165, 1.54) is 12.8 Å². The zero-order chi connectivity index (χ0) is 19.7. The van der Waals surface area contributed by atoms with Crippen LogP contribution in [0, 0.1) is 23.4 Å². The van der Waals surface area contributed by atoms with Gasteiger partial charge in [0.25, 0.3) is 0 Å². The quantitative estimate of drug-likeness (QED) is 0.842. The highest BCUT2D eigenvalue weighted by atomic mass is 19.1. The molecule has 1 amide bonds. The largest absolute Gasteiger partial charge is 0.321 e. The molecule has 1 N–H and O–H groups in total. The topological polar surface area (TPSA) is 59.8 Å². The van der Waals surface area contributed by atoms with Crippen molar-refractivity contribution < 1.29 is 18.0 Å². The fraction of sp³-hybridized carbons (Fsp3) is 0.550.